The van der Waals surface area contributed by atoms with Gasteiger partial charge in [-0.2, -0.15) is 0 Å². The molecule has 0 spiro atoms. The Hall–Kier alpha value is -1.81. The van der Waals surface area contributed by atoms with E-state index in [0.717, 1.165) is 24.2 Å². The van der Waals surface area contributed by atoms with E-state index in [1.54, 1.807) is 13.2 Å². The number of aliphatic hydroxyl groups excluding tert-OH is 1. The van der Waals surface area contributed by atoms with Gasteiger partial charge in [-0.15, -0.1) is 0 Å². The van der Waals surface area contributed by atoms with Crippen molar-refractivity contribution < 1.29 is 14.6 Å². The summed E-state index contributed by atoms with van der Waals surface area (Å²) < 4.78 is 5.12. The number of hydrogen-bond acceptors (Lipinski definition) is 3. The Kier molecular flexibility index (Phi) is 7.54. The molecule has 1 aromatic rings. The molecule has 0 bridgehead atoms. The molecule has 116 valence electrons. The minimum absolute atomic E-state index is 0.206. The summed E-state index contributed by atoms with van der Waals surface area (Å²) in [5.41, 5.74) is 0.894. The van der Waals surface area contributed by atoms with Gasteiger partial charge in [-0.05, 0) is 29.7 Å². The van der Waals surface area contributed by atoms with Crippen LogP contribution in [0.25, 0.3) is 6.08 Å². The number of carbonyl (C=O) groups excluding carboxylic acids is 1. The zero-order chi connectivity index (χ0) is 15.7. The van der Waals surface area contributed by atoms with Gasteiger partial charge in [0.1, 0.15) is 5.75 Å². The lowest BCUT2D eigenvalue weighted by Gasteiger charge is -2.19. The molecule has 1 aromatic carbocycles. The quantitative estimate of drug-likeness (QED) is 0.724. The van der Waals surface area contributed by atoms with Gasteiger partial charge in [0.05, 0.1) is 13.2 Å². The van der Waals surface area contributed by atoms with E-state index in [-0.39, 0.29) is 18.4 Å². The predicted molar refractivity (Wildman–Crippen MR) is 85.1 cm³/mol. The lowest BCUT2D eigenvalue weighted by molar-refractivity contribution is -0.117. The molecule has 0 aromatic heterocycles. The molecule has 0 fully saturated rings. The van der Waals surface area contributed by atoms with Gasteiger partial charge >= 0.3 is 0 Å². The summed E-state index contributed by atoms with van der Waals surface area (Å²) in [6.45, 7) is 4.37. The first-order valence-corrected chi connectivity index (χ1v) is 7.38. The summed E-state index contributed by atoms with van der Waals surface area (Å²) in [4.78, 5) is 11.7. The van der Waals surface area contributed by atoms with Crippen molar-refractivity contribution in [2.75, 3.05) is 13.7 Å². The van der Waals surface area contributed by atoms with Gasteiger partial charge in [0.25, 0.3) is 0 Å². The molecule has 0 aliphatic rings. The molecule has 0 aliphatic carbocycles. The van der Waals surface area contributed by atoms with Gasteiger partial charge in [0, 0.05) is 12.6 Å². The second kappa shape index (κ2) is 9.19. The Morgan fingerprint density at radius 2 is 2.10 bits per heavy atom. The number of hydrogen-bond donors (Lipinski definition) is 2. The molecule has 4 heteroatoms. The van der Waals surface area contributed by atoms with Crippen LogP contribution in [-0.2, 0) is 4.79 Å². The molecule has 1 amide bonds. The van der Waals surface area contributed by atoms with Gasteiger partial charge in [-0.1, -0.05) is 38.8 Å². The van der Waals surface area contributed by atoms with E-state index in [9.17, 15) is 9.90 Å². The lowest BCUT2D eigenvalue weighted by Crippen LogP contribution is -2.35. The van der Waals surface area contributed by atoms with E-state index in [1.807, 2.05) is 38.1 Å². The number of amides is 1. The number of carbonyl (C=O) groups is 1. The highest BCUT2D eigenvalue weighted by molar-refractivity contribution is 5.91. The van der Waals surface area contributed by atoms with Crippen molar-refractivity contribution >= 4 is 12.0 Å². The third kappa shape index (κ3) is 6.00. The molecule has 2 N–H and O–H groups in total. The van der Waals surface area contributed by atoms with Crippen molar-refractivity contribution in [3.05, 3.63) is 35.9 Å². The summed E-state index contributed by atoms with van der Waals surface area (Å²) in [5.74, 6) is 0.775. The van der Waals surface area contributed by atoms with Gasteiger partial charge < -0.3 is 15.2 Å². The van der Waals surface area contributed by atoms with Crippen LogP contribution in [0.15, 0.2) is 30.3 Å². The molecule has 0 saturated heterocycles. The van der Waals surface area contributed by atoms with Gasteiger partial charge in [0.2, 0.25) is 5.91 Å². The van der Waals surface area contributed by atoms with Crippen LogP contribution < -0.4 is 10.1 Å². The van der Waals surface area contributed by atoms with E-state index in [4.69, 9.17) is 4.74 Å². The smallest absolute Gasteiger partial charge is 0.244 e. The zero-order valence-corrected chi connectivity index (χ0v) is 13.0. The summed E-state index contributed by atoms with van der Waals surface area (Å²) in [5, 5.41) is 12.7. The third-order valence-corrected chi connectivity index (χ3v) is 3.60. The molecule has 0 aliphatic heterocycles. The van der Waals surface area contributed by atoms with Crippen LogP contribution in [0.5, 0.6) is 5.75 Å². The Balaban J connectivity index is 2.47. The zero-order valence-electron chi connectivity index (χ0n) is 13.0. The maximum absolute atomic E-state index is 11.7. The first-order valence-electron chi connectivity index (χ1n) is 7.38. The molecular weight excluding hydrogens is 266 g/mol. The van der Waals surface area contributed by atoms with Crippen molar-refractivity contribution in [3.63, 3.8) is 0 Å². The highest BCUT2D eigenvalue weighted by Gasteiger charge is 2.15. The van der Waals surface area contributed by atoms with Gasteiger partial charge in [-0.25, -0.2) is 0 Å². The topological polar surface area (TPSA) is 58.6 Å². The summed E-state index contributed by atoms with van der Waals surface area (Å²) >= 11 is 0. The van der Waals surface area contributed by atoms with Crippen LogP contribution in [0, 0.1) is 5.92 Å². The summed E-state index contributed by atoms with van der Waals surface area (Å²) in [6, 6.07) is 7.46. The molecule has 4 nitrogen and oxygen atoms in total. The second-order valence-corrected chi connectivity index (χ2v) is 5.00. The van der Waals surface area contributed by atoms with Crippen LogP contribution in [0.4, 0.5) is 0 Å². The third-order valence-electron chi connectivity index (χ3n) is 3.60. The molecule has 0 heterocycles. The summed E-state index contributed by atoms with van der Waals surface area (Å²) in [7, 11) is 1.61. The number of nitrogens with one attached hydrogen (secondary N) is 1. The Morgan fingerprint density at radius 1 is 1.38 bits per heavy atom. The van der Waals surface area contributed by atoms with E-state index in [1.165, 1.54) is 6.08 Å². The van der Waals surface area contributed by atoms with Crippen molar-refractivity contribution in [3.8, 4) is 5.75 Å². The van der Waals surface area contributed by atoms with Crippen LogP contribution in [0.3, 0.4) is 0 Å². The number of ether oxygens (including phenoxy) is 1. The standard InChI is InChI=1S/C17H25NO3/c1-4-14(5-2)16(19)12-18-17(20)10-9-13-7-6-8-15(11-13)21-3/h6-11,14,16,19H,4-5,12H2,1-3H3,(H,18,20)/b10-9+. The van der Waals surface area contributed by atoms with Crippen molar-refractivity contribution in [1.82, 2.24) is 5.32 Å². The van der Waals surface area contributed by atoms with Crippen LogP contribution in [-0.4, -0.2) is 30.8 Å². The second-order valence-electron chi connectivity index (χ2n) is 5.00. The Morgan fingerprint density at radius 3 is 2.71 bits per heavy atom. The molecule has 1 unspecified atom stereocenters. The molecule has 0 saturated carbocycles. The highest BCUT2D eigenvalue weighted by Crippen LogP contribution is 2.14. The monoisotopic (exact) mass is 291 g/mol. The molecule has 21 heavy (non-hydrogen) atoms. The SMILES string of the molecule is CCC(CC)C(O)CNC(=O)/C=C/c1cccc(OC)c1. The van der Waals surface area contributed by atoms with Crippen molar-refractivity contribution in [2.24, 2.45) is 5.92 Å². The van der Waals surface area contributed by atoms with E-state index < -0.39 is 6.10 Å². The van der Waals surface area contributed by atoms with E-state index >= 15 is 0 Å². The Labute approximate surface area is 126 Å². The highest BCUT2D eigenvalue weighted by atomic mass is 16.5. The molecule has 1 rings (SSSR count). The number of benzene rings is 1. The molecular formula is C17H25NO3. The minimum atomic E-state index is -0.492. The Bertz CT molecular complexity index is 467. The first-order chi connectivity index (χ1) is 10.1. The maximum Gasteiger partial charge on any atom is 0.244 e. The largest absolute Gasteiger partial charge is 0.497 e. The fourth-order valence-corrected chi connectivity index (χ4v) is 2.18. The van der Waals surface area contributed by atoms with E-state index in [0.29, 0.717) is 0 Å². The van der Waals surface area contributed by atoms with E-state index in [2.05, 4.69) is 5.32 Å². The van der Waals surface area contributed by atoms with Crippen molar-refractivity contribution in [2.45, 2.75) is 32.8 Å². The fourth-order valence-electron chi connectivity index (χ4n) is 2.18. The molecule has 1 atom stereocenters. The predicted octanol–water partition coefficient (Wildman–Crippen LogP) is 2.62. The van der Waals surface area contributed by atoms with Crippen LogP contribution in [0.1, 0.15) is 32.3 Å². The average Bonchev–Trinajstić information content (AvgIpc) is 2.52. The number of methoxy groups -OCH3 is 1. The normalized spacial score (nSPS) is 12.6. The van der Waals surface area contributed by atoms with Crippen LogP contribution in [0.2, 0.25) is 0 Å². The number of rotatable bonds is 8. The number of aliphatic hydroxyl groups is 1. The van der Waals surface area contributed by atoms with Crippen LogP contribution >= 0.6 is 0 Å². The maximum atomic E-state index is 11.7. The van der Waals surface area contributed by atoms with Gasteiger partial charge in [-0.3, -0.25) is 4.79 Å². The average molecular weight is 291 g/mol. The molecule has 0 radical (unpaired) electrons. The lowest BCUT2D eigenvalue weighted by atomic mass is 9.96. The first kappa shape index (κ1) is 17.2. The van der Waals surface area contributed by atoms with Gasteiger partial charge in [0.15, 0.2) is 0 Å². The minimum Gasteiger partial charge on any atom is -0.497 e. The fraction of sp³-hybridized carbons (Fsp3) is 0.471. The van der Waals surface area contributed by atoms with Crippen molar-refractivity contribution in [1.29, 1.82) is 0 Å². The summed E-state index contributed by atoms with van der Waals surface area (Å²) in [6.07, 6.45) is 4.52.